The largest absolute Gasteiger partial charge is 0.232 e. The summed E-state index contributed by atoms with van der Waals surface area (Å²) in [6.45, 7) is 6.54. The average Bonchev–Trinajstić information content (AvgIpc) is 2.45. The zero-order valence-electron chi connectivity index (χ0n) is 11.5. The molecule has 19 heavy (non-hydrogen) atoms. The predicted octanol–water partition coefficient (Wildman–Crippen LogP) is 5.10. The maximum atomic E-state index is 4.79. The first-order chi connectivity index (χ1) is 9.16. The summed E-state index contributed by atoms with van der Waals surface area (Å²) in [7, 11) is 0. The molecule has 0 atom stereocenters. The van der Waals surface area contributed by atoms with E-state index < -0.39 is 0 Å². The van der Waals surface area contributed by atoms with Crippen LogP contribution in [0, 0.1) is 20.8 Å². The fourth-order valence-corrected chi connectivity index (χ4v) is 3.39. The van der Waals surface area contributed by atoms with Gasteiger partial charge in [-0.05, 0) is 43.5 Å². The SMILES string of the molecule is Cc1cc2c(c(C)c1C)SC[N+](c1ccccc1)=N2. The molecule has 0 aliphatic carbocycles. The van der Waals surface area contributed by atoms with E-state index in [1.807, 2.05) is 17.8 Å². The van der Waals surface area contributed by atoms with Crippen molar-refractivity contribution in [2.75, 3.05) is 5.88 Å². The van der Waals surface area contributed by atoms with Crippen molar-refractivity contribution in [3.05, 3.63) is 53.1 Å². The molecule has 0 amide bonds. The third-order valence-electron chi connectivity index (χ3n) is 3.69. The van der Waals surface area contributed by atoms with Crippen LogP contribution >= 0.6 is 11.8 Å². The summed E-state index contributed by atoms with van der Waals surface area (Å²) < 4.78 is 2.07. The number of nitrogens with zero attached hydrogens (tertiary/aromatic N) is 2. The Hall–Kier alpha value is -1.61. The number of azo groups is 2. The molecule has 1 aliphatic rings. The van der Waals surface area contributed by atoms with Crippen molar-refractivity contribution in [3.8, 4) is 0 Å². The van der Waals surface area contributed by atoms with E-state index in [-0.39, 0.29) is 0 Å². The molecule has 2 nitrogen and oxygen atoms in total. The first-order valence-electron chi connectivity index (χ1n) is 6.44. The number of hydrogen-bond acceptors (Lipinski definition) is 2. The van der Waals surface area contributed by atoms with Gasteiger partial charge in [0.25, 0.3) is 0 Å². The van der Waals surface area contributed by atoms with Crippen molar-refractivity contribution >= 4 is 23.1 Å². The van der Waals surface area contributed by atoms with Gasteiger partial charge < -0.3 is 0 Å². The summed E-state index contributed by atoms with van der Waals surface area (Å²) in [4.78, 5) is 1.33. The van der Waals surface area contributed by atoms with Crippen molar-refractivity contribution in [2.45, 2.75) is 25.7 Å². The highest BCUT2D eigenvalue weighted by Gasteiger charge is 2.23. The van der Waals surface area contributed by atoms with Crippen LogP contribution < -0.4 is 0 Å². The molecule has 96 valence electrons. The van der Waals surface area contributed by atoms with Crippen molar-refractivity contribution in [1.29, 1.82) is 0 Å². The Morgan fingerprint density at radius 2 is 1.79 bits per heavy atom. The van der Waals surface area contributed by atoms with Crippen molar-refractivity contribution in [2.24, 2.45) is 5.11 Å². The Balaban J connectivity index is 2.11. The molecule has 3 heteroatoms. The van der Waals surface area contributed by atoms with Gasteiger partial charge in [0.2, 0.25) is 11.6 Å². The standard InChI is InChI=1S/C16H17N2S/c1-11-9-15-16(13(3)12(11)2)19-10-18(17-15)14-7-5-4-6-8-14/h4-9H,10H2,1-3H3/q+1. The van der Waals surface area contributed by atoms with Gasteiger partial charge in [0.15, 0.2) is 0 Å². The lowest BCUT2D eigenvalue weighted by Gasteiger charge is -2.15. The van der Waals surface area contributed by atoms with Crippen LogP contribution in [0.25, 0.3) is 0 Å². The molecule has 1 heterocycles. The highest BCUT2D eigenvalue weighted by Crippen LogP contribution is 2.40. The molecule has 0 spiro atoms. The summed E-state index contributed by atoms with van der Waals surface area (Å²) in [5.74, 6) is 0.875. The van der Waals surface area contributed by atoms with Gasteiger partial charge in [-0.25, -0.2) is 0 Å². The smallest absolute Gasteiger partial charge is 0.0737 e. The zero-order valence-corrected chi connectivity index (χ0v) is 12.3. The zero-order chi connectivity index (χ0) is 13.4. The summed E-state index contributed by atoms with van der Waals surface area (Å²) in [5, 5.41) is 4.79. The van der Waals surface area contributed by atoms with Crippen molar-refractivity contribution in [3.63, 3.8) is 0 Å². The molecular formula is C16H17N2S+. The maximum Gasteiger partial charge on any atom is 0.232 e. The number of thioether (sulfide) groups is 1. The molecule has 0 N–H and O–H groups in total. The summed E-state index contributed by atoms with van der Waals surface area (Å²) in [6, 6.07) is 12.5. The van der Waals surface area contributed by atoms with Gasteiger partial charge in [-0.2, -0.15) is 0 Å². The minimum Gasteiger partial charge on any atom is -0.0737 e. The number of aryl methyl sites for hydroxylation is 1. The van der Waals surface area contributed by atoms with E-state index in [1.165, 1.54) is 21.6 Å². The van der Waals surface area contributed by atoms with Gasteiger partial charge in [-0.1, -0.05) is 34.7 Å². The molecule has 1 aliphatic heterocycles. The van der Waals surface area contributed by atoms with E-state index in [9.17, 15) is 0 Å². The van der Waals surface area contributed by atoms with Crippen LogP contribution in [-0.2, 0) is 0 Å². The third-order valence-corrected chi connectivity index (χ3v) is 4.87. The van der Waals surface area contributed by atoms with E-state index >= 15 is 0 Å². The Morgan fingerprint density at radius 1 is 1.05 bits per heavy atom. The lowest BCUT2D eigenvalue weighted by atomic mass is 10.0. The summed E-state index contributed by atoms with van der Waals surface area (Å²) in [5.41, 5.74) is 6.32. The van der Waals surface area contributed by atoms with Gasteiger partial charge >= 0.3 is 0 Å². The summed E-state index contributed by atoms with van der Waals surface area (Å²) >= 11 is 1.87. The number of fused-ring (bicyclic) bond motifs is 1. The number of rotatable bonds is 1. The molecule has 0 saturated carbocycles. The van der Waals surface area contributed by atoms with E-state index in [2.05, 4.69) is 55.8 Å². The first kappa shape index (κ1) is 12.4. The fourth-order valence-electron chi connectivity index (χ4n) is 2.31. The second-order valence-electron chi connectivity index (χ2n) is 4.90. The summed E-state index contributed by atoms with van der Waals surface area (Å²) in [6.07, 6.45) is 0. The molecule has 0 bridgehead atoms. The Kier molecular flexibility index (Phi) is 3.15. The van der Waals surface area contributed by atoms with Crippen LogP contribution in [0.15, 0.2) is 46.4 Å². The number of benzene rings is 2. The lowest BCUT2D eigenvalue weighted by Crippen LogP contribution is -2.06. The van der Waals surface area contributed by atoms with Crippen molar-refractivity contribution in [1.82, 2.24) is 0 Å². The minimum absolute atomic E-state index is 0.875. The Bertz CT molecular complexity index is 660. The number of para-hydroxylation sites is 1. The van der Waals surface area contributed by atoms with E-state index in [0.29, 0.717) is 0 Å². The third kappa shape index (κ3) is 2.19. The number of hydrogen-bond donors (Lipinski definition) is 0. The second-order valence-corrected chi connectivity index (χ2v) is 5.86. The van der Waals surface area contributed by atoms with Gasteiger partial charge in [0, 0.05) is 22.1 Å². The monoisotopic (exact) mass is 269 g/mol. The normalized spacial score (nSPS) is 13.9. The maximum absolute atomic E-state index is 4.79. The molecule has 0 radical (unpaired) electrons. The van der Waals surface area contributed by atoms with E-state index in [0.717, 1.165) is 17.3 Å². The average molecular weight is 269 g/mol. The highest BCUT2D eigenvalue weighted by atomic mass is 32.2. The molecule has 2 aromatic rings. The minimum atomic E-state index is 0.875. The van der Waals surface area contributed by atoms with Gasteiger partial charge in [0.1, 0.15) is 5.69 Å². The van der Waals surface area contributed by atoms with Crippen LogP contribution in [-0.4, -0.2) is 10.6 Å². The highest BCUT2D eigenvalue weighted by molar-refractivity contribution is 7.99. The Labute approximate surface area is 118 Å². The molecular weight excluding hydrogens is 252 g/mol. The van der Waals surface area contributed by atoms with Crippen LogP contribution in [0.2, 0.25) is 0 Å². The molecule has 0 aromatic heterocycles. The van der Waals surface area contributed by atoms with Crippen LogP contribution in [0.3, 0.4) is 0 Å². The molecule has 0 fully saturated rings. The molecule has 2 aromatic carbocycles. The molecule has 3 rings (SSSR count). The van der Waals surface area contributed by atoms with Gasteiger partial charge in [0.05, 0.1) is 0 Å². The predicted molar refractivity (Wildman–Crippen MR) is 79.8 cm³/mol. The topological polar surface area (TPSA) is 15.4 Å². The first-order valence-corrected chi connectivity index (χ1v) is 7.43. The molecule has 0 unspecified atom stereocenters. The van der Waals surface area contributed by atoms with Crippen LogP contribution in [0.1, 0.15) is 16.7 Å². The van der Waals surface area contributed by atoms with Gasteiger partial charge in [-0.15, -0.1) is 0 Å². The van der Waals surface area contributed by atoms with Gasteiger partial charge in [-0.3, -0.25) is 0 Å². The van der Waals surface area contributed by atoms with Crippen LogP contribution in [0.4, 0.5) is 11.4 Å². The molecule has 0 saturated heterocycles. The van der Waals surface area contributed by atoms with Crippen LogP contribution in [0.5, 0.6) is 0 Å². The fraction of sp³-hybridized carbons (Fsp3) is 0.250. The Morgan fingerprint density at radius 3 is 2.53 bits per heavy atom. The van der Waals surface area contributed by atoms with Crippen molar-refractivity contribution < 1.29 is 4.70 Å². The van der Waals surface area contributed by atoms with E-state index in [4.69, 9.17) is 5.11 Å². The lowest BCUT2D eigenvalue weighted by molar-refractivity contribution is -0.488. The van der Waals surface area contributed by atoms with E-state index in [1.54, 1.807) is 0 Å². The second kappa shape index (κ2) is 4.82. The quantitative estimate of drug-likeness (QED) is 0.657.